The van der Waals surface area contributed by atoms with Crippen molar-refractivity contribution in [2.75, 3.05) is 12.3 Å². The highest BCUT2D eigenvalue weighted by Gasteiger charge is 2.29. The van der Waals surface area contributed by atoms with Crippen LogP contribution in [0.1, 0.15) is 41.8 Å². The number of benzene rings is 1. The molecular weight excluding hydrogens is 256 g/mol. The maximum absolute atomic E-state index is 5.86. The molecule has 0 bridgehead atoms. The van der Waals surface area contributed by atoms with Gasteiger partial charge >= 0.3 is 0 Å². The van der Waals surface area contributed by atoms with Crippen molar-refractivity contribution >= 4 is 16.5 Å². The van der Waals surface area contributed by atoms with Crippen molar-refractivity contribution < 1.29 is 4.74 Å². The lowest BCUT2D eigenvalue weighted by Gasteiger charge is -2.06. The van der Waals surface area contributed by atoms with Gasteiger partial charge in [-0.15, -0.1) is 11.3 Å². The van der Waals surface area contributed by atoms with Gasteiger partial charge in [0.05, 0.1) is 12.3 Å². The topological polar surface area (TPSA) is 48.1 Å². The zero-order valence-electron chi connectivity index (χ0n) is 11.1. The van der Waals surface area contributed by atoms with Crippen molar-refractivity contribution in [3.8, 4) is 5.75 Å². The number of hydrogen-bond acceptors (Lipinski definition) is 4. The molecule has 1 aromatic heterocycles. The quantitative estimate of drug-likeness (QED) is 0.906. The van der Waals surface area contributed by atoms with Crippen molar-refractivity contribution in [2.45, 2.75) is 32.1 Å². The molecule has 100 valence electrons. The van der Waals surface area contributed by atoms with Gasteiger partial charge in [-0.25, -0.2) is 4.98 Å². The number of aromatic nitrogens is 1. The van der Waals surface area contributed by atoms with E-state index in [4.69, 9.17) is 10.5 Å². The lowest BCUT2D eigenvalue weighted by molar-refractivity contribution is 0.340. The van der Waals surface area contributed by atoms with Crippen LogP contribution >= 0.6 is 11.3 Å². The summed E-state index contributed by atoms with van der Waals surface area (Å²) >= 11 is 1.62. The molecule has 2 N–H and O–H groups in total. The van der Waals surface area contributed by atoms with Gasteiger partial charge in [0.15, 0.2) is 5.13 Å². The molecule has 1 heterocycles. The SMILES string of the molecule is CCOc1cccc(Cc2sc(N)nc2C2CC2)c1. The Morgan fingerprint density at radius 3 is 3.00 bits per heavy atom. The molecule has 1 aliphatic rings. The summed E-state index contributed by atoms with van der Waals surface area (Å²) in [5, 5.41) is 0.692. The summed E-state index contributed by atoms with van der Waals surface area (Å²) in [4.78, 5) is 5.81. The van der Waals surface area contributed by atoms with E-state index in [9.17, 15) is 0 Å². The third-order valence-electron chi connectivity index (χ3n) is 3.28. The zero-order valence-corrected chi connectivity index (χ0v) is 11.9. The first-order valence-corrected chi connectivity index (χ1v) is 7.54. The molecule has 2 aromatic rings. The third kappa shape index (κ3) is 2.89. The largest absolute Gasteiger partial charge is 0.494 e. The second-order valence-corrected chi connectivity index (χ2v) is 6.01. The second kappa shape index (κ2) is 5.21. The Kier molecular flexibility index (Phi) is 3.42. The summed E-state index contributed by atoms with van der Waals surface area (Å²) in [5.74, 6) is 1.59. The van der Waals surface area contributed by atoms with Gasteiger partial charge in [0.1, 0.15) is 5.75 Å². The Bertz CT molecular complexity index is 575. The highest BCUT2D eigenvalue weighted by molar-refractivity contribution is 7.15. The fraction of sp³-hybridized carbons (Fsp3) is 0.400. The lowest BCUT2D eigenvalue weighted by atomic mass is 10.1. The van der Waals surface area contributed by atoms with Crippen LogP contribution in [0.5, 0.6) is 5.75 Å². The Morgan fingerprint density at radius 2 is 2.26 bits per heavy atom. The van der Waals surface area contributed by atoms with Crippen molar-refractivity contribution in [1.29, 1.82) is 0 Å². The van der Waals surface area contributed by atoms with Crippen LogP contribution in [0.25, 0.3) is 0 Å². The van der Waals surface area contributed by atoms with Crippen molar-refractivity contribution in [3.05, 3.63) is 40.4 Å². The monoisotopic (exact) mass is 274 g/mol. The molecule has 0 radical (unpaired) electrons. The summed E-state index contributed by atoms with van der Waals surface area (Å²) in [6.07, 6.45) is 3.42. The first-order valence-electron chi connectivity index (χ1n) is 6.73. The number of anilines is 1. The third-order valence-corrected chi connectivity index (χ3v) is 4.18. The van der Waals surface area contributed by atoms with E-state index in [1.807, 2.05) is 19.1 Å². The van der Waals surface area contributed by atoms with E-state index in [-0.39, 0.29) is 0 Å². The van der Waals surface area contributed by atoms with Crippen LogP contribution in [-0.4, -0.2) is 11.6 Å². The molecule has 0 aliphatic heterocycles. The predicted molar refractivity (Wildman–Crippen MR) is 78.9 cm³/mol. The molecule has 1 fully saturated rings. The summed E-state index contributed by atoms with van der Waals surface area (Å²) < 4.78 is 5.54. The summed E-state index contributed by atoms with van der Waals surface area (Å²) in [6, 6.07) is 8.28. The van der Waals surface area contributed by atoms with E-state index in [1.54, 1.807) is 11.3 Å². The van der Waals surface area contributed by atoms with E-state index in [2.05, 4.69) is 17.1 Å². The summed E-state index contributed by atoms with van der Waals surface area (Å²) in [6.45, 7) is 2.70. The average Bonchev–Trinajstić information content (AvgIpc) is 3.15. The summed E-state index contributed by atoms with van der Waals surface area (Å²) in [7, 11) is 0. The fourth-order valence-corrected chi connectivity index (χ4v) is 3.23. The zero-order chi connectivity index (χ0) is 13.2. The van der Waals surface area contributed by atoms with Crippen LogP contribution in [0.15, 0.2) is 24.3 Å². The smallest absolute Gasteiger partial charge is 0.180 e. The van der Waals surface area contributed by atoms with Gasteiger partial charge in [-0.1, -0.05) is 12.1 Å². The number of nitrogen functional groups attached to an aromatic ring is 1. The highest BCUT2D eigenvalue weighted by atomic mass is 32.1. The van der Waals surface area contributed by atoms with E-state index in [0.29, 0.717) is 17.7 Å². The van der Waals surface area contributed by atoms with Gasteiger partial charge in [0.2, 0.25) is 0 Å². The van der Waals surface area contributed by atoms with E-state index < -0.39 is 0 Å². The molecule has 3 rings (SSSR count). The molecule has 1 aliphatic carbocycles. The molecule has 1 aromatic carbocycles. The number of ether oxygens (including phenoxy) is 1. The first-order chi connectivity index (χ1) is 9.26. The Morgan fingerprint density at radius 1 is 1.42 bits per heavy atom. The van der Waals surface area contributed by atoms with Gasteiger partial charge in [0.25, 0.3) is 0 Å². The van der Waals surface area contributed by atoms with E-state index in [1.165, 1.54) is 29.0 Å². The number of nitrogens with two attached hydrogens (primary N) is 1. The Labute approximate surface area is 117 Å². The van der Waals surface area contributed by atoms with Gasteiger partial charge < -0.3 is 10.5 Å². The molecule has 19 heavy (non-hydrogen) atoms. The standard InChI is InChI=1S/C15H18N2OS/c1-2-18-12-5-3-4-10(8-12)9-13-14(11-6-7-11)17-15(16)19-13/h3-5,8,11H,2,6-7,9H2,1H3,(H2,16,17). The molecule has 1 saturated carbocycles. The number of rotatable bonds is 5. The molecule has 0 unspecified atom stereocenters. The molecule has 0 atom stereocenters. The molecule has 0 amide bonds. The normalized spacial score (nSPS) is 14.6. The molecule has 3 nitrogen and oxygen atoms in total. The van der Waals surface area contributed by atoms with Gasteiger partial charge in [-0.2, -0.15) is 0 Å². The molecule has 0 saturated heterocycles. The van der Waals surface area contributed by atoms with Crippen molar-refractivity contribution in [2.24, 2.45) is 0 Å². The Balaban J connectivity index is 1.82. The average molecular weight is 274 g/mol. The second-order valence-electron chi connectivity index (χ2n) is 4.89. The minimum absolute atomic E-state index is 0.652. The van der Waals surface area contributed by atoms with E-state index in [0.717, 1.165) is 12.2 Å². The summed E-state index contributed by atoms with van der Waals surface area (Å²) in [5.41, 5.74) is 8.35. The molecular formula is C15H18N2OS. The lowest BCUT2D eigenvalue weighted by Crippen LogP contribution is -1.94. The maximum Gasteiger partial charge on any atom is 0.180 e. The van der Waals surface area contributed by atoms with Crippen LogP contribution in [-0.2, 0) is 6.42 Å². The molecule has 4 heteroatoms. The Hall–Kier alpha value is -1.55. The van der Waals surface area contributed by atoms with Crippen LogP contribution in [0.3, 0.4) is 0 Å². The van der Waals surface area contributed by atoms with Crippen LogP contribution < -0.4 is 10.5 Å². The van der Waals surface area contributed by atoms with Crippen LogP contribution in [0, 0.1) is 0 Å². The van der Waals surface area contributed by atoms with E-state index >= 15 is 0 Å². The van der Waals surface area contributed by atoms with Crippen molar-refractivity contribution in [1.82, 2.24) is 4.98 Å². The fourth-order valence-electron chi connectivity index (χ4n) is 2.28. The minimum atomic E-state index is 0.652. The number of thiazole rings is 1. The minimum Gasteiger partial charge on any atom is -0.494 e. The van der Waals surface area contributed by atoms with Crippen LogP contribution in [0.2, 0.25) is 0 Å². The number of nitrogens with zero attached hydrogens (tertiary/aromatic N) is 1. The number of hydrogen-bond donors (Lipinski definition) is 1. The highest BCUT2D eigenvalue weighted by Crippen LogP contribution is 2.43. The first kappa shape index (κ1) is 12.5. The van der Waals surface area contributed by atoms with Gasteiger partial charge in [-0.05, 0) is 37.5 Å². The maximum atomic E-state index is 5.86. The predicted octanol–water partition coefficient (Wildman–Crippen LogP) is 3.59. The van der Waals surface area contributed by atoms with Gasteiger partial charge in [0, 0.05) is 17.2 Å². The van der Waals surface area contributed by atoms with Gasteiger partial charge in [-0.3, -0.25) is 0 Å². The van der Waals surface area contributed by atoms with Crippen molar-refractivity contribution in [3.63, 3.8) is 0 Å². The van der Waals surface area contributed by atoms with Crippen LogP contribution in [0.4, 0.5) is 5.13 Å². The molecule has 0 spiro atoms.